The number of carboxylic acid groups (broad SMARTS) is 1. The van der Waals surface area contributed by atoms with E-state index in [1.807, 2.05) is 20.8 Å². The number of aliphatic carboxylic acids is 1. The predicted molar refractivity (Wildman–Crippen MR) is 240 cm³/mol. The molecule has 0 saturated carbocycles. The molecule has 56 heavy (non-hydrogen) atoms. The van der Waals surface area contributed by atoms with Crippen LogP contribution in [0.25, 0.3) is 0 Å². The summed E-state index contributed by atoms with van der Waals surface area (Å²) in [6.07, 6.45) is 35.2. The van der Waals surface area contributed by atoms with Crippen LogP contribution in [0.4, 0.5) is 0 Å². The highest BCUT2D eigenvalue weighted by Crippen LogP contribution is 2.19. The van der Waals surface area contributed by atoms with Crippen LogP contribution in [-0.4, -0.2) is 76.3 Å². The zero-order chi connectivity index (χ0) is 42.0. The maximum absolute atomic E-state index is 12.6. The molecule has 0 radical (unpaired) electrons. The number of rotatable bonds is 40. The second kappa shape index (κ2) is 43.4. The minimum Gasteiger partial charge on any atom is -0.481 e. The smallest absolute Gasteiger partial charge is 0.306 e. The molecule has 0 amide bonds. The van der Waals surface area contributed by atoms with Crippen LogP contribution in [0.5, 0.6) is 0 Å². The lowest BCUT2D eigenvalue weighted by Gasteiger charge is -2.21. The van der Waals surface area contributed by atoms with E-state index >= 15 is 0 Å². The summed E-state index contributed by atoms with van der Waals surface area (Å²) < 4.78 is 11.2. The summed E-state index contributed by atoms with van der Waals surface area (Å²) >= 11 is 3.40. The first kappa shape index (κ1) is 56.9. The van der Waals surface area contributed by atoms with Crippen molar-refractivity contribution in [2.75, 3.05) is 31.6 Å². The van der Waals surface area contributed by atoms with Gasteiger partial charge in [0.2, 0.25) is 0 Å². The molecule has 0 aliphatic rings. The summed E-state index contributed by atoms with van der Waals surface area (Å²) in [5.74, 6) is -0.766. The van der Waals surface area contributed by atoms with Crippen molar-refractivity contribution in [2.24, 2.45) is 0 Å². The van der Waals surface area contributed by atoms with Crippen molar-refractivity contribution in [2.45, 2.75) is 252 Å². The number of alkyl halides is 1. The molecule has 0 spiro atoms. The van der Waals surface area contributed by atoms with E-state index in [-0.39, 0.29) is 36.7 Å². The molecule has 0 aromatic rings. The zero-order valence-electron chi connectivity index (χ0n) is 37.5. The first-order valence-corrected chi connectivity index (χ1v) is 24.6. The number of aliphatic hydroxyl groups is 1. The number of esters is 2. The van der Waals surface area contributed by atoms with Gasteiger partial charge in [-0.05, 0) is 98.1 Å². The Morgan fingerprint density at radius 2 is 0.929 bits per heavy atom. The molecule has 0 aromatic heterocycles. The summed E-state index contributed by atoms with van der Waals surface area (Å²) in [4.78, 5) is 36.8. The monoisotopic (exact) mass is 862 g/mol. The van der Waals surface area contributed by atoms with E-state index in [1.165, 1.54) is 96.3 Å². The number of carbonyl (C=O) groups excluding carboxylic acids is 2. The van der Waals surface area contributed by atoms with Gasteiger partial charge in [0.25, 0.3) is 0 Å². The largest absolute Gasteiger partial charge is 0.481 e. The van der Waals surface area contributed by atoms with Crippen LogP contribution in [0, 0.1) is 0 Å². The van der Waals surface area contributed by atoms with Crippen molar-refractivity contribution in [1.82, 2.24) is 4.90 Å². The molecule has 0 atom stereocenters. The quantitative estimate of drug-likeness (QED) is 0.0356. The molecular formula is C47H92BrNO7. The number of ether oxygens (including phenoxy) is 2. The third kappa shape index (κ3) is 47.2. The van der Waals surface area contributed by atoms with Crippen LogP contribution in [0.1, 0.15) is 240 Å². The molecule has 8 nitrogen and oxygen atoms in total. The molecule has 0 unspecified atom stereocenters. The normalized spacial score (nSPS) is 11.5. The first-order valence-electron chi connectivity index (χ1n) is 23.5. The molecule has 0 aliphatic heterocycles. The van der Waals surface area contributed by atoms with Crippen molar-refractivity contribution >= 4 is 33.8 Å². The predicted octanol–water partition coefficient (Wildman–Crippen LogP) is 13.5. The van der Waals surface area contributed by atoms with Gasteiger partial charge in [0.15, 0.2) is 0 Å². The molecule has 334 valence electrons. The fourth-order valence-corrected chi connectivity index (χ4v) is 7.25. The molecule has 2 N–H and O–H groups in total. The van der Waals surface area contributed by atoms with Gasteiger partial charge in [-0.1, -0.05) is 152 Å². The molecule has 0 heterocycles. The fraction of sp³-hybridized carbons (Fsp3) is 0.936. The topological polar surface area (TPSA) is 113 Å². The lowest BCUT2D eigenvalue weighted by atomic mass is 10.0. The summed E-state index contributed by atoms with van der Waals surface area (Å²) in [6, 6.07) is 0. The molecular weight excluding hydrogens is 770 g/mol. The minimum absolute atomic E-state index is 0.00375. The van der Waals surface area contributed by atoms with E-state index < -0.39 is 5.97 Å². The van der Waals surface area contributed by atoms with Crippen molar-refractivity contribution in [3.63, 3.8) is 0 Å². The van der Waals surface area contributed by atoms with Crippen molar-refractivity contribution in [3.05, 3.63) is 0 Å². The second-order valence-corrected chi connectivity index (χ2v) is 17.8. The number of halogens is 1. The summed E-state index contributed by atoms with van der Waals surface area (Å²) in [7, 11) is 0. The standard InChI is InChI=1S/C35H69NO5.C12H23BrO2/c1-3-5-7-9-13-19-25-33(26-20-14-10-8-6-4-2)41-35(40)28-22-16-12-18-24-30-36(31-32-37)29-23-17-11-15-21-27-34(38)39;1-12(2,3)15-11(14)9-7-5-4-6-8-10-13/h33,37H,3-32H2,1-2H3,(H,38,39);4-10H2,1-3H3. The highest BCUT2D eigenvalue weighted by molar-refractivity contribution is 9.09. The summed E-state index contributed by atoms with van der Waals surface area (Å²) in [6.45, 7) is 13.2. The molecule has 0 saturated heterocycles. The molecule has 0 fully saturated rings. The highest BCUT2D eigenvalue weighted by Gasteiger charge is 2.16. The summed E-state index contributed by atoms with van der Waals surface area (Å²) in [5.41, 5.74) is -0.340. The number of hydrogen-bond acceptors (Lipinski definition) is 7. The van der Waals surface area contributed by atoms with Crippen LogP contribution >= 0.6 is 15.9 Å². The molecule has 0 aromatic carbocycles. The van der Waals surface area contributed by atoms with Crippen LogP contribution < -0.4 is 0 Å². The number of nitrogens with zero attached hydrogens (tertiary/aromatic N) is 1. The first-order chi connectivity index (χ1) is 27.0. The Morgan fingerprint density at radius 3 is 1.36 bits per heavy atom. The molecule has 9 heteroatoms. The van der Waals surface area contributed by atoms with Gasteiger partial charge in [-0.25, -0.2) is 0 Å². The lowest BCUT2D eigenvalue weighted by Crippen LogP contribution is -2.29. The third-order valence-corrected chi connectivity index (χ3v) is 10.7. The average Bonchev–Trinajstić information content (AvgIpc) is 3.14. The molecule has 0 rings (SSSR count). The Morgan fingerprint density at radius 1 is 0.536 bits per heavy atom. The minimum atomic E-state index is -0.703. The molecule has 0 aliphatic carbocycles. The van der Waals surface area contributed by atoms with Crippen LogP contribution in [0.15, 0.2) is 0 Å². The van der Waals surface area contributed by atoms with Gasteiger partial charge >= 0.3 is 17.9 Å². The van der Waals surface area contributed by atoms with Gasteiger partial charge in [0.05, 0.1) is 6.61 Å². The number of carbonyl (C=O) groups is 3. The van der Waals surface area contributed by atoms with Gasteiger partial charge in [0.1, 0.15) is 11.7 Å². The fourth-order valence-electron chi connectivity index (χ4n) is 6.85. The van der Waals surface area contributed by atoms with E-state index in [0.717, 1.165) is 115 Å². The van der Waals surface area contributed by atoms with Gasteiger partial charge < -0.3 is 24.6 Å². The van der Waals surface area contributed by atoms with Crippen molar-refractivity contribution < 1.29 is 34.1 Å². The van der Waals surface area contributed by atoms with Gasteiger partial charge in [-0.15, -0.1) is 0 Å². The Bertz CT molecular complexity index is 850. The van der Waals surface area contributed by atoms with Crippen LogP contribution in [0.3, 0.4) is 0 Å². The van der Waals surface area contributed by atoms with Gasteiger partial charge in [-0.2, -0.15) is 0 Å². The maximum Gasteiger partial charge on any atom is 0.306 e. The van der Waals surface area contributed by atoms with Gasteiger partial charge in [0, 0.05) is 31.1 Å². The Hall–Kier alpha value is -1.19. The van der Waals surface area contributed by atoms with E-state index in [9.17, 15) is 19.5 Å². The van der Waals surface area contributed by atoms with Crippen LogP contribution in [0.2, 0.25) is 0 Å². The van der Waals surface area contributed by atoms with Crippen molar-refractivity contribution in [1.29, 1.82) is 0 Å². The number of hydrogen-bond donors (Lipinski definition) is 2. The maximum atomic E-state index is 12.6. The van der Waals surface area contributed by atoms with E-state index in [1.54, 1.807) is 0 Å². The van der Waals surface area contributed by atoms with Crippen LogP contribution in [-0.2, 0) is 23.9 Å². The third-order valence-electron chi connectivity index (χ3n) is 10.1. The van der Waals surface area contributed by atoms with Gasteiger partial charge in [-0.3, -0.25) is 14.4 Å². The summed E-state index contributed by atoms with van der Waals surface area (Å²) in [5, 5.41) is 19.2. The van der Waals surface area contributed by atoms with E-state index in [0.29, 0.717) is 12.8 Å². The SMILES string of the molecule is CC(C)(C)OC(=O)CCCCCCCBr.CCCCCCCCC(CCCCCCCC)OC(=O)CCCCCCCN(CCO)CCCCCCCC(=O)O. The number of aliphatic hydroxyl groups excluding tert-OH is 1. The van der Waals surface area contributed by atoms with E-state index in [2.05, 4.69) is 34.7 Å². The second-order valence-electron chi connectivity index (χ2n) is 17.0. The van der Waals surface area contributed by atoms with E-state index in [4.69, 9.17) is 14.6 Å². The lowest BCUT2D eigenvalue weighted by molar-refractivity contribution is -0.155. The number of carboxylic acids is 1. The Kier molecular flexibility index (Phi) is 44.1. The number of unbranched alkanes of at least 4 members (excludes halogenated alkanes) is 22. The average molecular weight is 863 g/mol. The Labute approximate surface area is 354 Å². The molecule has 0 bridgehead atoms. The zero-order valence-corrected chi connectivity index (χ0v) is 39.1. The Balaban J connectivity index is 0. The van der Waals surface area contributed by atoms with Crippen molar-refractivity contribution in [3.8, 4) is 0 Å². The highest BCUT2D eigenvalue weighted by atomic mass is 79.9.